The molecule has 0 heterocycles. The number of benzene rings is 2. The van der Waals surface area contributed by atoms with E-state index in [1.54, 1.807) is 24.3 Å². The van der Waals surface area contributed by atoms with Gasteiger partial charge < -0.3 is 20.9 Å². The molecule has 2 aromatic rings. The van der Waals surface area contributed by atoms with Gasteiger partial charge in [-0.05, 0) is 42.8 Å². The third-order valence-electron chi connectivity index (χ3n) is 2.83. The van der Waals surface area contributed by atoms with E-state index in [4.69, 9.17) is 20.9 Å². The van der Waals surface area contributed by atoms with Crippen molar-refractivity contribution in [3.63, 3.8) is 0 Å². The molecule has 0 saturated carbocycles. The second kappa shape index (κ2) is 6.70. The lowest BCUT2D eigenvalue weighted by Crippen LogP contribution is -1.99. The van der Waals surface area contributed by atoms with E-state index in [1.807, 2.05) is 18.2 Å². The maximum Gasteiger partial charge on any atom is 0.169 e. The minimum atomic E-state index is 0.651. The van der Waals surface area contributed by atoms with Crippen LogP contribution in [0.2, 0.25) is 0 Å². The Labute approximate surface area is 119 Å². The lowest BCUT2D eigenvalue weighted by Gasteiger charge is -2.13. The summed E-state index contributed by atoms with van der Waals surface area (Å²) in [6, 6.07) is 12.6. The van der Waals surface area contributed by atoms with E-state index >= 15 is 0 Å². The second-order valence-corrected chi connectivity index (χ2v) is 4.58. The van der Waals surface area contributed by atoms with E-state index in [-0.39, 0.29) is 0 Å². The zero-order chi connectivity index (χ0) is 14.4. The minimum absolute atomic E-state index is 0.651. The predicted molar refractivity (Wildman–Crippen MR) is 82.2 cm³/mol. The van der Waals surface area contributed by atoms with E-state index in [9.17, 15) is 0 Å². The molecule has 4 N–H and O–H groups in total. The maximum absolute atomic E-state index is 5.81. The standard InChI is InChI=1S/C16H20N2O2/c1-2-3-10-19-16-11-13(18)6-9-15(16)20-14-7-4-12(17)5-8-14/h4-9,11H,2-3,10,17-18H2,1H3. The van der Waals surface area contributed by atoms with E-state index in [1.165, 1.54) is 0 Å². The zero-order valence-electron chi connectivity index (χ0n) is 11.6. The molecule has 0 saturated heterocycles. The van der Waals surface area contributed by atoms with Crippen LogP contribution in [-0.2, 0) is 0 Å². The Morgan fingerprint density at radius 2 is 1.60 bits per heavy atom. The normalized spacial score (nSPS) is 10.2. The van der Waals surface area contributed by atoms with E-state index in [0.29, 0.717) is 35.2 Å². The number of nitrogen functional groups attached to an aromatic ring is 2. The molecule has 0 unspecified atom stereocenters. The highest BCUT2D eigenvalue weighted by molar-refractivity contribution is 5.53. The number of ether oxygens (including phenoxy) is 2. The van der Waals surface area contributed by atoms with Crippen molar-refractivity contribution in [2.24, 2.45) is 0 Å². The molecule has 0 bridgehead atoms. The number of anilines is 2. The first-order valence-electron chi connectivity index (χ1n) is 6.74. The van der Waals surface area contributed by atoms with Crippen LogP contribution in [0.3, 0.4) is 0 Å². The van der Waals surface area contributed by atoms with Gasteiger partial charge in [-0.3, -0.25) is 0 Å². The van der Waals surface area contributed by atoms with Crippen molar-refractivity contribution in [1.29, 1.82) is 0 Å². The van der Waals surface area contributed by atoms with Crippen molar-refractivity contribution < 1.29 is 9.47 Å². The molecule has 4 heteroatoms. The number of hydrogen-bond donors (Lipinski definition) is 2. The number of unbranched alkanes of at least 4 members (excludes halogenated alkanes) is 1. The summed E-state index contributed by atoms with van der Waals surface area (Å²) in [4.78, 5) is 0. The lowest BCUT2D eigenvalue weighted by atomic mass is 10.2. The summed E-state index contributed by atoms with van der Waals surface area (Å²) >= 11 is 0. The summed E-state index contributed by atoms with van der Waals surface area (Å²) in [5.74, 6) is 2.03. The van der Waals surface area contributed by atoms with Gasteiger partial charge in [0.1, 0.15) is 5.75 Å². The SMILES string of the molecule is CCCCOc1cc(N)ccc1Oc1ccc(N)cc1. The Morgan fingerprint density at radius 3 is 2.30 bits per heavy atom. The maximum atomic E-state index is 5.81. The molecule has 0 aliphatic carbocycles. The van der Waals surface area contributed by atoms with Crippen molar-refractivity contribution in [2.75, 3.05) is 18.1 Å². The fourth-order valence-corrected chi connectivity index (χ4v) is 1.71. The first-order valence-corrected chi connectivity index (χ1v) is 6.74. The van der Waals surface area contributed by atoms with Crippen LogP contribution in [0.5, 0.6) is 17.2 Å². The highest BCUT2D eigenvalue weighted by atomic mass is 16.5. The molecular weight excluding hydrogens is 252 g/mol. The van der Waals surface area contributed by atoms with Crippen LogP contribution in [0.25, 0.3) is 0 Å². The minimum Gasteiger partial charge on any atom is -0.490 e. The van der Waals surface area contributed by atoms with Crippen LogP contribution in [0.1, 0.15) is 19.8 Å². The van der Waals surface area contributed by atoms with Crippen LogP contribution in [-0.4, -0.2) is 6.61 Å². The predicted octanol–water partition coefficient (Wildman–Crippen LogP) is 3.82. The number of rotatable bonds is 6. The van der Waals surface area contributed by atoms with E-state index in [0.717, 1.165) is 12.8 Å². The first-order chi connectivity index (χ1) is 9.69. The van der Waals surface area contributed by atoms with Gasteiger partial charge in [0.25, 0.3) is 0 Å². The van der Waals surface area contributed by atoms with Crippen molar-refractivity contribution in [1.82, 2.24) is 0 Å². The molecule has 2 aromatic carbocycles. The summed E-state index contributed by atoms with van der Waals surface area (Å²) in [5, 5.41) is 0. The summed E-state index contributed by atoms with van der Waals surface area (Å²) in [5.41, 5.74) is 12.8. The Bertz CT molecular complexity index is 553. The van der Waals surface area contributed by atoms with Crippen LogP contribution in [0.15, 0.2) is 42.5 Å². The van der Waals surface area contributed by atoms with Gasteiger partial charge in [0, 0.05) is 17.4 Å². The lowest BCUT2D eigenvalue weighted by molar-refractivity contribution is 0.295. The fourth-order valence-electron chi connectivity index (χ4n) is 1.71. The van der Waals surface area contributed by atoms with Crippen LogP contribution >= 0.6 is 0 Å². The van der Waals surface area contributed by atoms with Gasteiger partial charge in [-0.2, -0.15) is 0 Å². The van der Waals surface area contributed by atoms with Gasteiger partial charge in [-0.25, -0.2) is 0 Å². The van der Waals surface area contributed by atoms with Crippen LogP contribution < -0.4 is 20.9 Å². The molecule has 20 heavy (non-hydrogen) atoms. The zero-order valence-corrected chi connectivity index (χ0v) is 11.6. The molecule has 106 valence electrons. The molecular formula is C16H20N2O2. The quantitative estimate of drug-likeness (QED) is 0.619. The van der Waals surface area contributed by atoms with Crippen LogP contribution in [0.4, 0.5) is 11.4 Å². The summed E-state index contributed by atoms with van der Waals surface area (Å²) in [6.45, 7) is 2.77. The summed E-state index contributed by atoms with van der Waals surface area (Å²) in [7, 11) is 0. The third-order valence-corrected chi connectivity index (χ3v) is 2.83. The van der Waals surface area contributed by atoms with Gasteiger partial charge in [-0.15, -0.1) is 0 Å². The average Bonchev–Trinajstić information content (AvgIpc) is 2.44. The Balaban J connectivity index is 2.15. The monoisotopic (exact) mass is 272 g/mol. The van der Waals surface area contributed by atoms with Crippen molar-refractivity contribution in [2.45, 2.75) is 19.8 Å². The Hall–Kier alpha value is -2.36. The smallest absolute Gasteiger partial charge is 0.169 e. The van der Waals surface area contributed by atoms with Gasteiger partial charge in [-0.1, -0.05) is 13.3 Å². The molecule has 2 rings (SSSR count). The van der Waals surface area contributed by atoms with E-state index < -0.39 is 0 Å². The molecule has 0 amide bonds. The highest BCUT2D eigenvalue weighted by Crippen LogP contribution is 2.33. The van der Waals surface area contributed by atoms with Gasteiger partial charge in [0.15, 0.2) is 11.5 Å². The molecule has 0 aliphatic rings. The number of hydrogen-bond acceptors (Lipinski definition) is 4. The molecule has 4 nitrogen and oxygen atoms in total. The Kier molecular flexibility index (Phi) is 4.71. The van der Waals surface area contributed by atoms with Gasteiger partial charge in [0.05, 0.1) is 6.61 Å². The molecule has 0 aromatic heterocycles. The second-order valence-electron chi connectivity index (χ2n) is 4.58. The highest BCUT2D eigenvalue weighted by Gasteiger charge is 2.07. The molecule has 0 spiro atoms. The molecule has 0 aliphatic heterocycles. The van der Waals surface area contributed by atoms with Crippen molar-refractivity contribution in [3.8, 4) is 17.2 Å². The van der Waals surface area contributed by atoms with Crippen LogP contribution in [0, 0.1) is 0 Å². The molecule has 0 atom stereocenters. The van der Waals surface area contributed by atoms with Crippen molar-refractivity contribution >= 4 is 11.4 Å². The average molecular weight is 272 g/mol. The Morgan fingerprint density at radius 1 is 0.900 bits per heavy atom. The fraction of sp³-hybridized carbons (Fsp3) is 0.250. The van der Waals surface area contributed by atoms with E-state index in [2.05, 4.69) is 6.92 Å². The first kappa shape index (κ1) is 14.1. The largest absolute Gasteiger partial charge is 0.490 e. The molecule has 0 fully saturated rings. The summed E-state index contributed by atoms with van der Waals surface area (Å²) < 4.78 is 11.5. The van der Waals surface area contributed by atoms with Crippen molar-refractivity contribution in [3.05, 3.63) is 42.5 Å². The molecule has 0 radical (unpaired) electrons. The third kappa shape index (κ3) is 3.82. The topological polar surface area (TPSA) is 70.5 Å². The number of nitrogens with two attached hydrogens (primary N) is 2. The van der Waals surface area contributed by atoms with Gasteiger partial charge >= 0.3 is 0 Å². The summed E-state index contributed by atoms with van der Waals surface area (Å²) in [6.07, 6.45) is 2.08. The van der Waals surface area contributed by atoms with Gasteiger partial charge in [0.2, 0.25) is 0 Å².